The Bertz CT molecular complexity index is 1230. The topological polar surface area (TPSA) is 89.0 Å². The van der Waals surface area contributed by atoms with Gasteiger partial charge in [0, 0.05) is 21.3 Å². The van der Waals surface area contributed by atoms with E-state index in [1.54, 1.807) is 18.2 Å². The minimum atomic E-state index is -0.990. The van der Waals surface area contributed by atoms with Crippen LogP contribution in [0.5, 0.6) is 11.5 Å². The first-order chi connectivity index (χ1) is 16.2. The fourth-order valence-electron chi connectivity index (χ4n) is 2.71. The summed E-state index contributed by atoms with van der Waals surface area (Å²) in [5.74, 6) is -1.56. The van der Waals surface area contributed by atoms with Crippen LogP contribution in [0.15, 0.2) is 59.7 Å². The van der Waals surface area contributed by atoms with Crippen LogP contribution in [0, 0.1) is 5.82 Å². The molecular weight excluding hydrogens is 508 g/mol. The Morgan fingerprint density at radius 1 is 0.971 bits per heavy atom. The summed E-state index contributed by atoms with van der Waals surface area (Å²) >= 11 is 17.7. The van der Waals surface area contributed by atoms with Crippen molar-refractivity contribution in [3.05, 3.63) is 86.6 Å². The molecule has 7 nitrogen and oxygen atoms in total. The molecule has 0 heterocycles. The molecule has 176 valence electrons. The zero-order valence-electron chi connectivity index (χ0n) is 17.6. The zero-order valence-corrected chi connectivity index (χ0v) is 19.8. The van der Waals surface area contributed by atoms with E-state index in [1.807, 2.05) is 0 Å². The number of carbonyl (C=O) groups is 2. The number of methoxy groups -OCH3 is 1. The highest BCUT2D eigenvalue weighted by Gasteiger charge is 2.14. The predicted octanol–water partition coefficient (Wildman–Crippen LogP) is 5.46. The summed E-state index contributed by atoms with van der Waals surface area (Å²) < 4.78 is 24.2. The number of halogens is 4. The number of carbonyl (C=O) groups excluding carboxylic acids is 2. The van der Waals surface area contributed by atoms with Crippen LogP contribution in [0.4, 0.5) is 10.1 Å². The number of anilines is 1. The lowest BCUT2D eigenvalue weighted by Crippen LogP contribution is -2.32. The number of benzene rings is 3. The van der Waals surface area contributed by atoms with Crippen LogP contribution in [0.3, 0.4) is 0 Å². The van der Waals surface area contributed by atoms with Gasteiger partial charge in [0.2, 0.25) is 0 Å². The molecule has 0 radical (unpaired) electrons. The Kier molecular flexibility index (Phi) is 8.70. The van der Waals surface area contributed by atoms with Crippen molar-refractivity contribution in [3.8, 4) is 11.5 Å². The van der Waals surface area contributed by atoms with E-state index in [4.69, 9.17) is 44.3 Å². The summed E-state index contributed by atoms with van der Waals surface area (Å²) in [6.07, 6.45) is 1.32. The number of hydrogen-bond donors (Lipinski definition) is 2. The van der Waals surface area contributed by atoms with Crippen molar-refractivity contribution >= 4 is 58.5 Å². The number of hydrogen-bond acceptors (Lipinski definition) is 5. The van der Waals surface area contributed by atoms with Crippen LogP contribution >= 0.6 is 34.8 Å². The molecule has 34 heavy (non-hydrogen) atoms. The van der Waals surface area contributed by atoms with Crippen molar-refractivity contribution in [2.75, 3.05) is 12.4 Å². The fraction of sp³-hybridized carbons (Fsp3) is 0.0870. The molecule has 0 bridgehead atoms. The second-order valence-electron chi connectivity index (χ2n) is 6.75. The van der Waals surface area contributed by atoms with E-state index >= 15 is 0 Å². The van der Waals surface area contributed by atoms with Gasteiger partial charge in [-0.1, -0.05) is 40.9 Å². The van der Waals surface area contributed by atoms with Gasteiger partial charge in [0.15, 0.2) is 11.5 Å². The van der Waals surface area contributed by atoms with Gasteiger partial charge in [-0.15, -0.1) is 0 Å². The smallest absolute Gasteiger partial charge is 0.329 e. The lowest BCUT2D eigenvalue weighted by atomic mass is 10.2. The normalized spacial score (nSPS) is 10.7. The SMILES string of the molecule is COc1cc(C=NNC(=O)C(=O)Nc2cc(Cl)cc(Cl)c2)ccc1OCc1ccc(F)cc1Cl. The van der Waals surface area contributed by atoms with Crippen LogP contribution in [-0.4, -0.2) is 25.1 Å². The molecular formula is C23H17Cl3FN3O4. The Morgan fingerprint density at radius 2 is 1.71 bits per heavy atom. The number of nitrogens with zero attached hydrogens (tertiary/aromatic N) is 1. The van der Waals surface area contributed by atoms with E-state index < -0.39 is 17.6 Å². The second kappa shape index (κ2) is 11.7. The molecule has 0 fully saturated rings. The fourth-order valence-corrected chi connectivity index (χ4v) is 3.46. The molecule has 0 saturated heterocycles. The maximum atomic E-state index is 13.2. The van der Waals surface area contributed by atoms with Gasteiger partial charge in [-0.05, 0) is 54.1 Å². The summed E-state index contributed by atoms with van der Waals surface area (Å²) in [7, 11) is 1.46. The number of ether oxygens (including phenoxy) is 2. The first-order valence-electron chi connectivity index (χ1n) is 9.60. The average Bonchev–Trinajstić information content (AvgIpc) is 2.78. The van der Waals surface area contributed by atoms with Crippen LogP contribution in [0.1, 0.15) is 11.1 Å². The highest BCUT2D eigenvalue weighted by Crippen LogP contribution is 2.29. The van der Waals surface area contributed by atoms with Gasteiger partial charge in [0.05, 0.1) is 18.3 Å². The van der Waals surface area contributed by atoms with Gasteiger partial charge in [0.1, 0.15) is 12.4 Å². The highest BCUT2D eigenvalue weighted by molar-refractivity contribution is 6.40. The number of amides is 2. The predicted molar refractivity (Wildman–Crippen MR) is 130 cm³/mol. The summed E-state index contributed by atoms with van der Waals surface area (Å²) in [6, 6.07) is 13.3. The second-order valence-corrected chi connectivity index (χ2v) is 8.03. The molecule has 2 N–H and O–H groups in total. The molecule has 0 atom stereocenters. The Hall–Kier alpha value is -3.33. The van der Waals surface area contributed by atoms with E-state index in [-0.39, 0.29) is 17.3 Å². The van der Waals surface area contributed by atoms with Crippen molar-refractivity contribution in [2.24, 2.45) is 5.10 Å². The average molecular weight is 525 g/mol. The van der Waals surface area contributed by atoms with Gasteiger partial charge in [-0.3, -0.25) is 9.59 Å². The van der Waals surface area contributed by atoms with E-state index in [0.717, 1.165) is 0 Å². The summed E-state index contributed by atoms with van der Waals surface area (Å²) in [4.78, 5) is 24.0. The quantitative estimate of drug-likeness (QED) is 0.244. The minimum Gasteiger partial charge on any atom is -0.493 e. The lowest BCUT2D eigenvalue weighted by Gasteiger charge is -2.12. The molecule has 11 heteroatoms. The van der Waals surface area contributed by atoms with Gasteiger partial charge in [-0.25, -0.2) is 9.82 Å². The summed E-state index contributed by atoms with van der Waals surface area (Å²) in [5.41, 5.74) is 3.56. The Morgan fingerprint density at radius 3 is 2.38 bits per heavy atom. The van der Waals surface area contributed by atoms with Crippen LogP contribution in [0.25, 0.3) is 0 Å². The van der Waals surface area contributed by atoms with E-state index in [9.17, 15) is 14.0 Å². The van der Waals surface area contributed by atoms with Crippen molar-refractivity contribution in [1.82, 2.24) is 5.43 Å². The lowest BCUT2D eigenvalue weighted by molar-refractivity contribution is -0.136. The molecule has 0 aliphatic heterocycles. The first kappa shape index (κ1) is 25.3. The molecule has 0 saturated carbocycles. The number of nitrogens with one attached hydrogen (secondary N) is 2. The van der Waals surface area contributed by atoms with Gasteiger partial charge in [0.25, 0.3) is 0 Å². The summed E-state index contributed by atoms with van der Waals surface area (Å²) in [6.45, 7) is 0.103. The van der Waals surface area contributed by atoms with Crippen molar-refractivity contribution < 1.29 is 23.5 Å². The number of rotatable bonds is 7. The van der Waals surface area contributed by atoms with Crippen molar-refractivity contribution in [2.45, 2.75) is 6.61 Å². The molecule has 0 spiro atoms. The van der Waals surface area contributed by atoms with E-state index in [0.29, 0.717) is 32.7 Å². The maximum absolute atomic E-state index is 13.2. The third-order valence-corrected chi connectivity index (χ3v) is 5.08. The molecule has 3 aromatic rings. The van der Waals surface area contributed by atoms with Crippen LogP contribution in [0.2, 0.25) is 15.1 Å². The summed E-state index contributed by atoms with van der Waals surface area (Å²) in [5, 5.41) is 7.01. The standard InChI is InChI=1S/C23H17Cl3FN3O4/c1-33-21-6-13(2-5-20(21)34-12-14-3-4-17(27)10-19(14)26)11-28-30-23(32)22(31)29-18-8-15(24)7-16(25)9-18/h2-11H,12H2,1H3,(H,29,31)(H,30,32). The largest absolute Gasteiger partial charge is 0.493 e. The molecule has 2 amide bonds. The Balaban J connectivity index is 1.58. The Labute approximate surface area is 209 Å². The first-order valence-corrected chi connectivity index (χ1v) is 10.7. The number of hydrazone groups is 1. The molecule has 3 rings (SSSR count). The van der Waals surface area contributed by atoms with Gasteiger partial charge >= 0.3 is 11.8 Å². The van der Waals surface area contributed by atoms with Crippen LogP contribution in [-0.2, 0) is 16.2 Å². The molecule has 0 aliphatic rings. The highest BCUT2D eigenvalue weighted by atomic mass is 35.5. The minimum absolute atomic E-state index is 0.103. The van der Waals surface area contributed by atoms with E-state index in [2.05, 4.69) is 15.8 Å². The van der Waals surface area contributed by atoms with Crippen LogP contribution < -0.4 is 20.2 Å². The molecule has 0 aliphatic carbocycles. The van der Waals surface area contributed by atoms with Gasteiger partial charge in [-0.2, -0.15) is 5.10 Å². The third-order valence-electron chi connectivity index (χ3n) is 4.29. The zero-order chi connectivity index (χ0) is 24.7. The molecule has 3 aromatic carbocycles. The van der Waals surface area contributed by atoms with Crippen molar-refractivity contribution in [3.63, 3.8) is 0 Å². The van der Waals surface area contributed by atoms with Gasteiger partial charge < -0.3 is 14.8 Å². The van der Waals surface area contributed by atoms with Crippen molar-refractivity contribution in [1.29, 1.82) is 0 Å². The van der Waals surface area contributed by atoms with E-state index in [1.165, 1.54) is 49.7 Å². The monoisotopic (exact) mass is 523 g/mol. The maximum Gasteiger partial charge on any atom is 0.329 e. The molecule has 0 unspecified atom stereocenters. The third kappa shape index (κ3) is 7.08. The molecule has 0 aromatic heterocycles.